The third-order valence-corrected chi connectivity index (χ3v) is 13.0. The number of fused-ring (bicyclic) bond motifs is 20. The fourth-order valence-electron chi connectivity index (χ4n) is 9.93. The lowest BCUT2D eigenvalue weighted by Gasteiger charge is -2.13. The summed E-state index contributed by atoms with van der Waals surface area (Å²) >= 11 is 0. The monoisotopic (exact) mass is 926 g/mol. The van der Waals surface area contributed by atoms with Crippen molar-refractivity contribution in [1.29, 1.82) is 0 Å². The van der Waals surface area contributed by atoms with Gasteiger partial charge in [0, 0.05) is 65.3 Å². The molecule has 6 aliphatic heterocycles. The second-order valence-electron chi connectivity index (χ2n) is 17.0. The molecule has 70 heavy (non-hydrogen) atoms. The van der Waals surface area contributed by atoms with Gasteiger partial charge in [0.1, 0.15) is 74.3 Å². The maximum atomic E-state index is 14.3. The van der Waals surface area contributed by atoms with Crippen LogP contribution in [0.3, 0.4) is 0 Å². The van der Waals surface area contributed by atoms with Gasteiger partial charge in [-0.2, -0.15) is 0 Å². The first-order valence-electron chi connectivity index (χ1n) is 21.3. The van der Waals surface area contributed by atoms with Gasteiger partial charge in [-0.1, -0.05) is 32.5 Å². The van der Waals surface area contributed by atoms with Crippen molar-refractivity contribution in [2.45, 2.75) is 21.8 Å². The Hall–Kier alpha value is -8.86. The molecule has 19 heteroatoms. The molecule has 16 rings (SSSR count). The first-order valence-corrected chi connectivity index (χ1v) is 21.3. The number of rotatable bonds is 0. The van der Waals surface area contributed by atoms with Gasteiger partial charge >= 0.3 is 15.1 Å². The molecule has 0 amide bonds. The van der Waals surface area contributed by atoms with Crippen LogP contribution in [0.15, 0.2) is 149 Å². The Morgan fingerprint density at radius 1 is 0.314 bits per heavy atom. The number of nitrogens with zero attached hydrogens (tertiary/aromatic N) is 12. The lowest BCUT2D eigenvalue weighted by Crippen LogP contribution is -2.38. The first-order chi connectivity index (χ1) is 33.1. The van der Waals surface area contributed by atoms with Gasteiger partial charge in [-0.05, 0) is 104 Å². The molecule has 2 radical (unpaired) electrons. The summed E-state index contributed by atoms with van der Waals surface area (Å²) in [5.74, 6) is 1.57. The van der Waals surface area contributed by atoms with Crippen molar-refractivity contribution >= 4 is 105 Å². The van der Waals surface area contributed by atoms with Gasteiger partial charge < -0.3 is 17.9 Å². The van der Waals surface area contributed by atoms with Gasteiger partial charge in [-0.3, -0.25) is 0 Å². The van der Waals surface area contributed by atoms with Crippen molar-refractivity contribution in [2.75, 3.05) is 0 Å². The van der Waals surface area contributed by atoms with Gasteiger partial charge in [0.05, 0.1) is 0 Å². The van der Waals surface area contributed by atoms with Crippen molar-refractivity contribution < 1.29 is 22.0 Å². The quantitative estimate of drug-likeness (QED) is 0.107. The Morgan fingerprint density at radius 2 is 0.671 bits per heavy atom. The van der Waals surface area contributed by atoms with E-state index in [0.717, 1.165) is 21.7 Å². The number of aryl methyl sites for hydroxylation is 1. The van der Waals surface area contributed by atoms with E-state index >= 15 is 0 Å². The van der Waals surface area contributed by atoms with Crippen molar-refractivity contribution in [2.24, 2.45) is 39.9 Å². The zero-order valence-corrected chi connectivity index (χ0v) is 34.8. The average molecular weight is 926 g/mol. The molecule has 0 fully saturated rings. The molecule has 6 aliphatic rings. The first kappa shape index (κ1) is 41.3. The molecule has 0 N–H and O–H groups in total. The predicted octanol–water partition coefficient (Wildman–Crippen LogP) is 8.80. The molecule has 12 nitrogen and oxygen atoms in total. The summed E-state index contributed by atoms with van der Waals surface area (Å²) < 4.78 is 78.4. The molecule has 0 unspecified atom stereocenters. The van der Waals surface area contributed by atoms with Crippen LogP contribution in [-0.4, -0.2) is 56.4 Å². The van der Waals surface area contributed by atoms with Crippen LogP contribution in [0.1, 0.15) is 42.7 Å². The lowest BCUT2D eigenvalue weighted by molar-refractivity contribution is 0.627. The maximum absolute atomic E-state index is 14.3. The molecule has 0 spiro atoms. The minimum Gasteiger partial charge on any atom is -0.336 e. The van der Waals surface area contributed by atoms with Gasteiger partial charge in [-0.15, -0.1) is 0 Å². The van der Waals surface area contributed by atoms with Crippen LogP contribution in [0.2, 0.25) is 0 Å². The van der Waals surface area contributed by atoms with E-state index in [0.29, 0.717) is 112 Å². The van der Waals surface area contributed by atoms with E-state index in [-0.39, 0.29) is 32.3 Å². The van der Waals surface area contributed by atoms with E-state index in [4.69, 9.17) is 34.9 Å². The SMILES string of the molecule is C.C.Cc1ccc2c3n4c(c2c1)=Nc1c2cc(F)ccc2c(n1[B]4)N=C1N=C(N=3)c2ccc(F)cc21.Fc1ccc2c(c1)C1=Nc3c4ccc(F)cc4c4n3[B]n3c(c5cc(F)ccc5c3=N4)=NC2=N1. The fourth-order valence-corrected chi connectivity index (χ4v) is 9.93. The summed E-state index contributed by atoms with van der Waals surface area (Å²) in [6.45, 7) is 2.03. The second-order valence-corrected chi connectivity index (χ2v) is 17.0. The van der Waals surface area contributed by atoms with Crippen LogP contribution < -0.4 is 22.0 Å². The molecule has 4 aromatic heterocycles. The molecule has 10 heterocycles. The zero-order chi connectivity index (χ0) is 45.4. The highest BCUT2D eigenvalue weighted by atomic mass is 19.1. The molecule has 10 aromatic rings. The summed E-state index contributed by atoms with van der Waals surface area (Å²) in [7, 11) is 3.65. The number of aromatic nitrogens is 4. The van der Waals surface area contributed by atoms with E-state index in [1.807, 2.05) is 35.6 Å². The van der Waals surface area contributed by atoms with Crippen LogP contribution in [0.25, 0.3) is 43.1 Å². The van der Waals surface area contributed by atoms with E-state index in [9.17, 15) is 22.0 Å². The minimum atomic E-state index is -0.426. The Bertz CT molecular complexity index is 4540. The molecule has 0 saturated heterocycles. The van der Waals surface area contributed by atoms with Gasteiger partial charge in [0.25, 0.3) is 0 Å². The number of amidine groups is 4. The molecule has 0 atom stereocenters. The van der Waals surface area contributed by atoms with E-state index in [1.54, 1.807) is 46.8 Å². The summed E-state index contributed by atoms with van der Waals surface area (Å²) in [6.07, 6.45) is 0. The van der Waals surface area contributed by atoms with Crippen LogP contribution in [-0.2, 0) is 0 Å². The van der Waals surface area contributed by atoms with Crippen molar-refractivity contribution in [3.63, 3.8) is 0 Å². The predicted molar refractivity (Wildman–Crippen MR) is 261 cm³/mol. The smallest absolute Gasteiger partial charge is 0.336 e. The van der Waals surface area contributed by atoms with E-state index in [2.05, 4.69) is 11.1 Å². The van der Waals surface area contributed by atoms with Gasteiger partial charge in [-0.25, -0.2) is 61.9 Å². The normalized spacial score (nSPS) is 14.4. The summed E-state index contributed by atoms with van der Waals surface area (Å²) in [5.41, 5.74) is 5.84. The molecular formula is C51H29B2F5N12. The third-order valence-electron chi connectivity index (χ3n) is 13.0. The Balaban J connectivity index is 0.000000133. The number of hydrogen-bond donors (Lipinski definition) is 0. The van der Waals surface area contributed by atoms with Gasteiger partial charge in [0.15, 0.2) is 23.3 Å². The van der Waals surface area contributed by atoms with Crippen molar-refractivity contribution in [1.82, 2.24) is 17.9 Å². The highest BCUT2D eigenvalue weighted by Gasteiger charge is 2.32. The average Bonchev–Trinajstić information content (AvgIpc) is 4.14. The molecule has 0 saturated carbocycles. The van der Waals surface area contributed by atoms with Gasteiger partial charge in [0.2, 0.25) is 0 Å². The molecular weight excluding hydrogens is 897 g/mol. The second kappa shape index (κ2) is 14.3. The Morgan fingerprint density at radius 3 is 1.19 bits per heavy atom. The summed E-state index contributed by atoms with van der Waals surface area (Å²) in [5, 5.41) is 5.71. The van der Waals surface area contributed by atoms with Crippen LogP contribution in [0, 0.1) is 36.0 Å². The lowest BCUT2D eigenvalue weighted by atomic mass is 10.1. The number of aliphatic imine (C=N–C) groups is 4. The fraction of sp³-hybridized carbons (Fsp3) is 0.0588. The number of benzene rings is 6. The summed E-state index contributed by atoms with van der Waals surface area (Å²) in [6, 6.07) is 28.3. The minimum absolute atomic E-state index is 0. The molecule has 334 valence electrons. The third kappa shape index (κ3) is 5.59. The van der Waals surface area contributed by atoms with Crippen molar-refractivity contribution in [3.05, 3.63) is 188 Å². The van der Waals surface area contributed by atoms with Crippen LogP contribution in [0.4, 0.5) is 45.2 Å². The van der Waals surface area contributed by atoms with Crippen LogP contribution >= 0.6 is 0 Å². The largest absolute Gasteiger partial charge is 0.406 e. The highest BCUT2D eigenvalue weighted by molar-refractivity contribution is 6.38. The number of hydrogen-bond acceptors (Lipinski definition) is 8. The maximum Gasteiger partial charge on any atom is 0.406 e. The molecule has 6 aromatic carbocycles. The van der Waals surface area contributed by atoms with Crippen LogP contribution in [0.5, 0.6) is 0 Å². The standard InChI is InChI=1S/C25H12BF2N6.C24H9BF3N6.2CH4/c1-11-2-5-15-18(8-11)24-32-25-19-10-13(28)4-7-16(19)23-31-21-17-9-12(27)3-6-14(17)20(29-21)30-22(15)33(24)26-34(23)25;26-10-1-4-13-16(7-10)20-29-19(13)30-23-17-8-11(27)3-6-15(17)22-32-24-18-9-12(28)2-5-14(18)21(31-20)33(24)25-34(22)23;;/h2-10H,1H3;1-9H;2*1H4. The zero-order valence-electron chi connectivity index (χ0n) is 34.8. The van der Waals surface area contributed by atoms with E-state index < -0.39 is 17.5 Å². The number of halogens is 5. The molecule has 0 aliphatic carbocycles. The Labute approximate surface area is 393 Å². The van der Waals surface area contributed by atoms with Crippen molar-refractivity contribution in [3.8, 4) is 0 Å². The topological polar surface area (TPSA) is 119 Å². The van der Waals surface area contributed by atoms with E-state index in [1.165, 1.54) is 60.7 Å². The highest BCUT2D eigenvalue weighted by Crippen LogP contribution is 2.42. The summed E-state index contributed by atoms with van der Waals surface area (Å²) in [4.78, 5) is 38.4. The Kier molecular flexibility index (Phi) is 8.46. The molecule has 8 bridgehead atoms.